The van der Waals surface area contributed by atoms with Gasteiger partial charge in [-0.25, -0.2) is 4.39 Å². The van der Waals surface area contributed by atoms with Crippen LogP contribution >= 0.6 is 15.9 Å². The molecule has 2 rings (SSSR count). The molecular weight excluding hydrogens is 323 g/mol. The molecule has 0 aliphatic rings. The van der Waals surface area contributed by atoms with Crippen molar-refractivity contribution in [3.8, 4) is 5.75 Å². The van der Waals surface area contributed by atoms with Gasteiger partial charge < -0.3 is 9.84 Å². The molecule has 0 bridgehead atoms. The van der Waals surface area contributed by atoms with E-state index in [0.717, 1.165) is 16.7 Å². The van der Waals surface area contributed by atoms with Gasteiger partial charge in [-0.15, -0.1) is 0 Å². The SMILES string of the molecule is COc1ccc(C)cc1C(O)Cc1ccc(F)cc1Br. The lowest BCUT2D eigenvalue weighted by atomic mass is 9.99. The van der Waals surface area contributed by atoms with E-state index in [1.165, 1.54) is 12.1 Å². The highest BCUT2D eigenvalue weighted by atomic mass is 79.9. The number of halogens is 2. The van der Waals surface area contributed by atoms with Gasteiger partial charge in [-0.2, -0.15) is 0 Å². The fourth-order valence-corrected chi connectivity index (χ4v) is 2.63. The summed E-state index contributed by atoms with van der Waals surface area (Å²) < 4.78 is 19.0. The van der Waals surface area contributed by atoms with E-state index in [1.54, 1.807) is 13.2 Å². The molecule has 4 heteroatoms. The van der Waals surface area contributed by atoms with Gasteiger partial charge in [0.05, 0.1) is 13.2 Å². The molecule has 106 valence electrons. The van der Waals surface area contributed by atoms with Crippen molar-refractivity contribution in [1.29, 1.82) is 0 Å². The zero-order valence-corrected chi connectivity index (χ0v) is 12.9. The van der Waals surface area contributed by atoms with Crippen molar-refractivity contribution in [2.24, 2.45) is 0 Å². The van der Waals surface area contributed by atoms with Crippen molar-refractivity contribution in [1.82, 2.24) is 0 Å². The Morgan fingerprint density at radius 2 is 2.00 bits per heavy atom. The molecular formula is C16H16BrFO2. The maximum absolute atomic E-state index is 13.1. The molecule has 1 unspecified atom stereocenters. The van der Waals surface area contributed by atoms with Crippen LogP contribution in [0.5, 0.6) is 5.75 Å². The summed E-state index contributed by atoms with van der Waals surface area (Å²) in [6.07, 6.45) is -0.313. The van der Waals surface area contributed by atoms with Gasteiger partial charge in [0.2, 0.25) is 0 Å². The quantitative estimate of drug-likeness (QED) is 0.905. The normalized spacial score (nSPS) is 12.2. The minimum atomic E-state index is -0.702. The highest BCUT2D eigenvalue weighted by Gasteiger charge is 2.15. The molecule has 0 aliphatic carbocycles. The standard InChI is InChI=1S/C16H16BrFO2/c1-10-3-6-16(20-2)13(7-10)15(19)8-11-4-5-12(18)9-14(11)17/h3-7,9,15,19H,8H2,1-2H3. The lowest BCUT2D eigenvalue weighted by Crippen LogP contribution is -2.05. The molecule has 0 heterocycles. The molecule has 2 aromatic carbocycles. The summed E-state index contributed by atoms with van der Waals surface area (Å²) in [5.74, 6) is 0.351. The van der Waals surface area contributed by atoms with Crippen molar-refractivity contribution < 1.29 is 14.2 Å². The predicted molar refractivity (Wildman–Crippen MR) is 80.5 cm³/mol. The minimum absolute atomic E-state index is 0.303. The molecule has 2 nitrogen and oxygen atoms in total. The Labute approximate surface area is 126 Å². The largest absolute Gasteiger partial charge is 0.496 e. The van der Waals surface area contributed by atoms with Gasteiger partial charge in [0.15, 0.2) is 0 Å². The molecule has 0 saturated carbocycles. The smallest absolute Gasteiger partial charge is 0.124 e. The molecule has 1 atom stereocenters. The maximum Gasteiger partial charge on any atom is 0.124 e. The third kappa shape index (κ3) is 3.38. The van der Waals surface area contributed by atoms with Gasteiger partial charge in [-0.05, 0) is 36.8 Å². The van der Waals surface area contributed by atoms with Gasteiger partial charge in [0.25, 0.3) is 0 Å². The zero-order valence-electron chi connectivity index (χ0n) is 11.4. The number of hydrogen-bond acceptors (Lipinski definition) is 2. The van der Waals surface area contributed by atoms with E-state index < -0.39 is 6.10 Å². The Balaban J connectivity index is 2.27. The highest BCUT2D eigenvalue weighted by Crippen LogP contribution is 2.30. The van der Waals surface area contributed by atoms with Crippen molar-refractivity contribution in [2.75, 3.05) is 7.11 Å². The van der Waals surface area contributed by atoms with Crippen molar-refractivity contribution in [2.45, 2.75) is 19.4 Å². The lowest BCUT2D eigenvalue weighted by Gasteiger charge is -2.16. The van der Waals surface area contributed by atoms with Crippen LogP contribution in [0.25, 0.3) is 0 Å². The van der Waals surface area contributed by atoms with Crippen molar-refractivity contribution in [3.63, 3.8) is 0 Å². The maximum atomic E-state index is 13.1. The molecule has 0 saturated heterocycles. The van der Waals surface area contributed by atoms with E-state index in [-0.39, 0.29) is 5.82 Å². The summed E-state index contributed by atoms with van der Waals surface area (Å²) in [6.45, 7) is 1.96. The van der Waals surface area contributed by atoms with E-state index in [4.69, 9.17) is 4.74 Å². The molecule has 0 fully saturated rings. The highest BCUT2D eigenvalue weighted by molar-refractivity contribution is 9.10. The summed E-state index contributed by atoms with van der Waals surface area (Å²) in [4.78, 5) is 0. The van der Waals surface area contributed by atoms with E-state index in [9.17, 15) is 9.50 Å². The topological polar surface area (TPSA) is 29.5 Å². The first-order valence-corrected chi connectivity index (χ1v) is 7.07. The number of aryl methyl sites for hydroxylation is 1. The van der Waals surface area contributed by atoms with E-state index in [1.807, 2.05) is 25.1 Å². The molecule has 1 N–H and O–H groups in total. The number of aliphatic hydroxyl groups excluding tert-OH is 1. The first-order chi connectivity index (χ1) is 9.51. The monoisotopic (exact) mass is 338 g/mol. The second kappa shape index (κ2) is 6.37. The van der Waals surface area contributed by atoms with Gasteiger partial charge >= 0.3 is 0 Å². The fraction of sp³-hybridized carbons (Fsp3) is 0.250. The second-order valence-electron chi connectivity index (χ2n) is 4.70. The third-order valence-corrected chi connectivity index (χ3v) is 3.91. The second-order valence-corrected chi connectivity index (χ2v) is 5.56. The zero-order chi connectivity index (χ0) is 14.7. The van der Waals surface area contributed by atoms with Crippen LogP contribution in [0.3, 0.4) is 0 Å². The summed E-state index contributed by atoms with van der Waals surface area (Å²) in [5, 5.41) is 10.4. The average molecular weight is 339 g/mol. The summed E-state index contributed by atoms with van der Waals surface area (Å²) >= 11 is 3.32. The third-order valence-electron chi connectivity index (χ3n) is 3.17. The first-order valence-electron chi connectivity index (χ1n) is 6.28. The van der Waals surface area contributed by atoms with Crippen LogP contribution in [0.2, 0.25) is 0 Å². The van der Waals surface area contributed by atoms with Gasteiger partial charge in [0, 0.05) is 16.5 Å². The van der Waals surface area contributed by atoms with Crippen LogP contribution in [-0.4, -0.2) is 12.2 Å². The minimum Gasteiger partial charge on any atom is -0.496 e. The number of ether oxygens (including phenoxy) is 1. The first kappa shape index (κ1) is 15.0. The van der Waals surface area contributed by atoms with Gasteiger partial charge in [-0.1, -0.05) is 33.6 Å². The fourth-order valence-electron chi connectivity index (χ4n) is 2.12. The summed E-state index contributed by atoms with van der Waals surface area (Å²) in [7, 11) is 1.58. The van der Waals surface area contributed by atoms with Crippen molar-refractivity contribution >= 4 is 15.9 Å². The molecule has 20 heavy (non-hydrogen) atoms. The molecule has 0 spiro atoms. The number of rotatable bonds is 4. The Kier molecular flexibility index (Phi) is 4.78. The van der Waals surface area contributed by atoms with Crippen LogP contribution in [-0.2, 0) is 6.42 Å². The van der Waals surface area contributed by atoms with Gasteiger partial charge in [0.1, 0.15) is 11.6 Å². The lowest BCUT2D eigenvalue weighted by molar-refractivity contribution is 0.173. The molecule has 0 radical (unpaired) electrons. The van der Waals surface area contributed by atoms with Crippen LogP contribution < -0.4 is 4.74 Å². The molecule has 0 aliphatic heterocycles. The van der Waals surface area contributed by atoms with Crippen LogP contribution in [0.1, 0.15) is 22.8 Å². The Bertz CT molecular complexity index is 613. The molecule has 0 amide bonds. The number of methoxy groups -OCH3 is 1. The predicted octanol–water partition coefficient (Wildman–Crippen LogP) is 4.18. The van der Waals surface area contributed by atoms with E-state index in [2.05, 4.69) is 15.9 Å². The molecule has 2 aromatic rings. The van der Waals surface area contributed by atoms with Crippen LogP contribution in [0.4, 0.5) is 4.39 Å². The Morgan fingerprint density at radius 3 is 2.65 bits per heavy atom. The van der Waals surface area contributed by atoms with E-state index in [0.29, 0.717) is 16.6 Å². The van der Waals surface area contributed by atoms with Crippen LogP contribution in [0, 0.1) is 12.7 Å². The average Bonchev–Trinajstić information content (AvgIpc) is 2.41. The van der Waals surface area contributed by atoms with Crippen molar-refractivity contribution in [3.05, 3.63) is 63.4 Å². The number of benzene rings is 2. The van der Waals surface area contributed by atoms with E-state index >= 15 is 0 Å². The Hall–Kier alpha value is -1.39. The summed E-state index contributed by atoms with van der Waals surface area (Å²) in [6, 6.07) is 10.1. The van der Waals surface area contributed by atoms with Crippen LogP contribution in [0.15, 0.2) is 40.9 Å². The number of aliphatic hydroxyl groups is 1. The number of hydrogen-bond donors (Lipinski definition) is 1. The Morgan fingerprint density at radius 1 is 1.25 bits per heavy atom. The van der Waals surface area contributed by atoms with Gasteiger partial charge in [-0.3, -0.25) is 0 Å². The molecule has 0 aromatic heterocycles. The summed E-state index contributed by atoms with van der Waals surface area (Å²) in [5.41, 5.74) is 2.64.